The summed E-state index contributed by atoms with van der Waals surface area (Å²) in [5.41, 5.74) is 6.54. The topological polar surface area (TPSA) is 35.2 Å². The second-order valence-corrected chi connectivity index (χ2v) is 6.99. The van der Waals surface area contributed by atoms with Crippen molar-refractivity contribution in [3.05, 3.63) is 0 Å². The number of nitrogens with two attached hydrogens (primary N) is 1. The van der Waals surface area contributed by atoms with Gasteiger partial charge in [0.1, 0.15) is 0 Å². The molecular formula is C16H33NO. The smallest absolute Gasteiger partial charge is 0.0483 e. The van der Waals surface area contributed by atoms with Crippen LogP contribution in [0.3, 0.4) is 0 Å². The number of hydrogen-bond acceptors (Lipinski definition) is 2. The first-order chi connectivity index (χ1) is 8.43. The van der Waals surface area contributed by atoms with Crippen LogP contribution in [0.5, 0.6) is 0 Å². The Kier molecular flexibility index (Phi) is 6.65. The van der Waals surface area contributed by atoms with Crippen molar-refractivity contribution in [2.24, 2.45) is 23.5 Å². The summed E-state index contributed by atoms with van der Waals surface area (Å²) in [6, 6.07) is 0. The zero-order valence-corrected chi connectivity index (χ0v) is 12.9. The molecule has 0 spiro atoms. The summed E-state index contributed by atoms with van der Waals surface area (Å²) < 4.78 is 5.71. The van der Waals surface area contributed by atoms with Crippen LogP contribution in [0.2, 0.25) is 0 Å². The minimum atomic E-state index is 0.0588. The number of rotatable bonds is 7. The molecule has 0 radical (unpaired) electrons. The van der Waals surface area contributed by atoms with Gasteiger partial charge in [0.2, 0.25) is 0 Å². The Morgan fingerprint density at radius 1 is 1.11 bits per heavy atom. The molecule has 1 aliphatic rings. The van der Waals surface area contributed by atoms with Crippen LogP contribution in [0, 0.1) is 17.8 Å². The van der Waals surface area contributed by atoms with Gasteiger partial charge in [-0.1, -0.05) is 27.7 Å². The van der Waals surface area contributed by atoms with Gasteiger partial charge in [0.25, 0.3) is 0 Å². The van der Waals surface area contributed by atoms with Crippen molar-refractivity contribution < 1.29 is 4.74 Å². The lowest BCUT2D eigenvalue weighted by atomic mass is 9.72. The summed E-state index contributed by atoms with van der Waals surface area (Å²) >= 11 is 0. The van der Waals surface area contributed by atoms with Crippen LogP contribution < -0.4 is 5.73 Å². The highest BCUT2D eigenvalue weighted by molar-refractivity contribution is 4.90. The quantitative estimate of drug-likeness (QED) is 0.698. The lowest BCUT2D eigenvalue weighted by Gasteiger charge is -2.38. The molecular weight excluding hydrogens is 222 g/mol. The highest BCUT2D eigenvalue weighted by Crippen LogP contribution is 2.36. The zero-order chi connectivity index (χ0) is 13.6. The lowest BCUT2D eigenvalue weighted by Crippen LogP contribution is -2.44. The summed E-state index contributed by atoms with van der Waals surface area (Å²) in [5.74, 6) is 2.44. The first kappa shape index (κ1) is 16.0. The monoisotopic (exact) mass is 255 g/mol. The first-order valence-corrected chi connectivity index (χ1v) is 7.79. The Bertz CT molecular complexity index is 217. The van der Waals surface area contributed by atoms with Crippen LogP contribution in [0.1, 0.15) is 66.2 Å². The molecule has 0 saturated heterocycles. The van der Waals surface area contributed by atoms with Crippen LogP contribution in [-0.4, -0.2) is 18.8 Å². The Balaban J connectivity index is 2.14. The van der Waals surface area contributed by atoms with E-state index in [-0.39, 0.29) is 5.54 Å². The van der Waals surface area contributed by atoms with Crippen molar-refractivity contribution in [1.82, 2.24) is 0 Å². The van der Waals surface area contributed by atoms with Crippen molar-refractivity contribution in [1.29, 1.82) is 0 Å². The third-order valence-electron chi connectivity index (χ3n) is 4.55. The van der Waals surface area contributed by atoms with Crippen LogP contribution in [-0.2, 0) is 4.74 Å². The maximum Gasteiger partial charge on any atom is 0.0483 e. The van der Waals surface area contributed by atoms with E-state index in [0.717, 1.165) is 43.8 Å². The van der Waals surface area contributed by atoms with E-state index < -0.39 is 0 Å². The number of ether oxygens (including phenoxy) is 1. The Hall–Kier alpha value is -0.0800. The summed E-state index contributed by atoms with van der Waals surface area (Å²) in [7, 11) is 0. The maximum atomic E-state index is 6.48. The lowest BCUT2D eigenvalue weighted by molar-refractivity contribution is 0.0887. The highest BCUT2D eigenvalue weighted by atomic mass is 16.5. The van der Waals surface area contributed by atoms with E-state index in [4.69, 9.17) is 10.5 Å². The van der Waals surface area contributed by atoms with Crippen molar-refractivity contribution in [2.45, 2.75) is 71.8 Å². The molecule has 2 heteroatoms. The molecule has 0 amide bonds. The third-order valence-corrected chi connectivity index (χ3v) is 4.55. The zero-order valence-electron chi connectivity index (χ0n) is 12.9. The molecule has 0 aromatic carbocycles. The molecule has 0 aromatic heterocycles. The second-order valence-electron chi connectivity index (χ2n) is 6.99. The van der Waals surface area contributed by atoms with Gasteiger partial charge in [-0.15, -0.1) is 0 Å². The molecule has 0 unspecified atom stereocenters. The van der Waals surface area contributed by atoms with E-state index >= 15 is 0 Å². The van der Waals surface area contributed by atoms with Crippen LogP contribution >= 0.6 is 0 Å². The molecule has 0 aliphatic heterocycles. The number of hydrogen-bond donors (Lipinski definition) is 1. The van der Waals surface area contributed by atoms with E-state index in [9.17, 15) is 0 Å². The molecule has 0 atom stereocenters. The first-order valence-electron chi connectivity index (χ1n) is 7.79. The predicted molar refractivity (Wildman–Crippen MR) is 78.6 cm³/mol. The van der Waals surface area contributed by atoms with Gasteiger partial charge in [-0.2, -0.15) is 0 Å². The largest absolute Gasteiger partial charge is 0.381 e. The normalized spacial score (nSPS) is 29.2. The summed E-state index contributed by atoms with van der Waals surface area (Å²) in [4.78, 5) is 0. The summed E-state index contributed by atoms with van der Waals surface area (Å²) in [6.07, 6.45) is 7.18. The van der Waals surface area contributed by atoms with Gasteiger partial charge in [-0.05, 0) is 56.3 Å². The van der Waals surface area contributed by atoms with Crippen molar-refractivity contribution in [2.75, 3.05) is 13.2 Å². The van der Waals surface area contributed by atoms with Gasteiger partial charge < -0.3 is 10.5 Å². The fourth-order valence-electron chi connectivity index (χ4n) is 2.83. The molecule has 2 N–H and O–H groups in total. The minimum absolute atomic E-state index is 0.0588. The van der Waals surface area contributed by atoms with E-state index in [0.29, 0.717) is 0 Å². The molecule has 2 nitrogen and oxygen atoms in total. The molecule has 1 saturated carbocycles. The van der Waals surface area contributed by atoms with Crippen molar-refractivity contribution >= 4 is 0 Å². The molecule has 108 valence electrons. The maximum absolute atomic E-state index is 6.48. The standard InChI is InChI=1S/C16H33NO/c1-13(2)7-11-18-12-10-16(17)8-5-15(6-9-16)14(3)4/h13-15H,5-12,17H2,1-4H3. The highest BCUT2D eigenvalue weighted by Gasteiger charge is 2.32. The van der Waals surface area contributed by atoms with Gasteiger partial charge >= 0.3 is 0 Å². The average molecular weight is 255 g/mol. The Morgan fingerprint density at radius 2 is 1.72 bits per heavy atom. The van der Waals surface area contributed by atoms with E-state index in [1.165, 1.54) is 25.7 Å². The van der Waals surface area contributed by atoms with E-state index in [1.807, 2.05) is 0 Å². The predicted octanol–water partition coefficient (Wildman–Crippen LogP) is 3.98. The molecule has 0 heterocycles. The van der Waals surface area contributed by atoms with E-state index in [2.05, 4.69) is 27.7 Å². The van der Waals surface area contributed by atoms with Gasteiger partial charge in [-0.25, -0.2) is 0 Å². The van der Waals surface area contributed by atoms with Gasteiger partial charge in [0.15, 0.2) is 0 Å². The van der Waals surface area contributed by atoms with Crippen molar-refractivity contribution in [3.8, 4) is 0 Å². The Morgan fingerprint density at radius 3 is 2.22 bits per heavy atom. The fraction of sp³-hybridized carbons (Fsp3) is 1.00. The summed E-state index contributed by atoms with van der Waals surface area (Å²) in [6.45, 7) is 10.9. The third kappa shape index (κ3) is 5.71. The fourth-order valence-corrected chi connectivity index (χ4v) is 2.83. The van der Waals surface area contributed by atoms with Gasteiger partial charge in [0.05, 0.1) is 0 Å². The van der Waals surface area contributed by atoms with Crippen LogP contribution in [0.4, 0.5) is 0 Å². The van der Waals surface area contributed by atoms with Gasteiger partial charge in [-0.3, -0.25) is 0 Å². The van der Waals surface area contributed by atoms with Crippen LogP contribution in [0.25, 0.3) is 0 Å². The minimum Gasteiger partial charge on any atom is -0.381 e. The van der Waals surface area contributed by atoms with Crippen molar-refractivity contribution in [3.63, 3.8) is 0 Å². The summed E-state index contributed by atoms with van der Waals surface area (Å²) in [5, 5.41) is 0. The van der Waals surface area contributed by atoms with Crippen LogP contribution in [0.15, 0.2) is 0 Å². The molecule has 1 rings (SSSR count). The molecule has 1 fully saturated rings. The molecule has 1 aliphatic carbocycles. The SMILES string of the molecule is CC(C)CCOCCC1(N)CCC(C(C)C)CC1. The molecule has 0 bridgehead atoms. The van der Waals surface area contributed by atoms with E-state index in [1.54, 1.807) is 0 Å². The molecule has 0 aromatic rings. The Labute approximate surface area is 114 Å². The second kappa shape index (κ2) is 7.49. The van der Waals surface area contributed by atoms with Gasteiger partial charge in [0, 0.05) is 18.8 Å². The average Bonchev–Trinajstić information content (AvgIpc) is 2.28. The molecule has 18 heavy (non-hydrogen) atoms.